The molecular weight excluding hydrogens is 633 g/mol. The molecule has 5 rings (SSSR count). The smallest absolute Gasteiger partial charge is 0.347 e. The Morgan fingerprint density at radius 1 is 0.978 bits per heavy atom. The minimum absolute atomic E-state index is 0.0660. The number of nitrogens with zero attached hydrogens (tertiary/aromatic N) is 1. The maximum absolute atomic E-state index is 14.6. The SMILES string of the molecule is CCOC(=O)C(C)(C)NP(=O)(Oc1ccc2c(c1)OCO2)c1ccc(Oc2cc(OC(C)C)cc(C(=O)Nc3nccs3)c2)cc1. The van der Waals surface area contributed by atoms with Crippen molar-refractivity contribution in [2.24, 2.45) is 0 Å². The summed E-state index contributed by atoms with van der Waals surface area (Å²) in [6.07, 6.45) is 1.46. The lowest BCUT2D eigenvalue weighted by molar-refractivity contribution is -0.149. The van der Waals surface area contributed by atoms with Gasteiger partial charge in [0.05, 0.1) is 18.0 Å². The summed E-state index contributed by atoms with van der Waals surface area (Å²) in [5, 5.41) is 8.14. The van der Waals surface area contributed by atoms with Crippen molar-refractivity contribution in [1.29, 1.82) is 0 Å². The van der Waals surface area contributed by atoms with E-state index in [0.29, 0.717) is 39.4 Å². The van der Waals surface area contributed by atoms with Crippen molar-refractivity contribution in [3.63, 3.8) is 0 Å². The van der Waals surface area contributed by atoms with Gasteiger partial charge in [0, 0.05) is 29.3 Å². The van der Waals surface area contributed by atoms with Gasteiger partial charge in [0.1, 0.15) is 28.5 Å². The van der Waals surface area contributed by atoms with Crippen LogP contribution in [0.25, 0.3) is 0 Å². The number of aromatic nitrogens is 1. The molecule has 0 aliphatic carbocycles. The van der Waals surface area contributed by atoms with Crippen molar-refractivity contribution in [2.75, 3.05) is 18.7 Å². The van der Waals surface area contributed by atoms with Gasteiger partial charge in [-0.1, -0.05) is 0 Å². The summed E-state index contributed by atoms with van der Waals surface area (Å²) in [6.45, 7) is 8.79. The zero-order valence-electron chi connectivity index (χ0n) is 25.9. The van der Waals surface area contributed by atoms with E-state index < -0.39 is 19.0 Å². The molecule has 1 amide bonds. The molecular formula is C32H34N3O9PS. The van der Waals surface area contributed by atoms with Gasteiger partial charge in [0.15, 0.2) is 16.6 Å². The van der Waals surface area contributed by atoms with Gasteiger partial charge in [0.2, 0.25) is 6.79 Å². The van der Waals surface area contributed by atoms with Crippen LogP contribution in [0.4, 0.5) is 5.13 Å². The Kier molecular flexibility index (Phi) is 9.85. The number of hydrogen-bond donors (Lipinski definition) is 2. The second kappa shape index (κ2) is 13.8. The number of ether oxygens (including phenoxy) is 5. The number of benzene rings is 3. The van der Waals surface area contributed by atoms with Crippen molar-refractivity contribution >= 4 is 41.2 Å². The van der Waals surface area contributed by atoms with Gasteiger partial charge < -0.3 is 28.2 Å². The molecule has 2 N–H and O–H groups in total. The Morgan fingerprint density at radius 3 is 2.39 bits per heavy atom. The molecule has 1 atom stereocenters. The van der Waals surface area contributed by atoms with E-state index >= 15 is 0 Å². The standard InChI is InChI=1S/C32H34N3O9PS/c1-6-39-30(37)32(4,5)35-45(38,44-23-9-12-27-28(18-23)41-19-40-27)26-10-7-22(8-11-26)43-25-16-21(15-24(17-25)42-20(2)3)29(36)34-31-33-13-14-46-31/h7-18,20H,6,19H2,1-5H3,(H,35,38)(H,33,34,36). The Morgan fingerprint density at radius 2 is 1.70 bits per heavy atom. The maximum atomic E-state index is 14.6. The number of rotatable bonds is 13. The second-order valence-electron chi connectivity index (χ2n) is 10.9. The molecule has 1 aliphatic rings. The predicted octanol–water partition coefficient (Wildman–Crippen LogP) is 6.53. The molecule has 242 valence electrons. The molecule has 3 aromatic carbocycles. The van der Waals surface area contributed by atoms with E-state index in [1.807, 2.05) is 13.8 Å². The van der Waals surface area contributed by atoms with E-state index in [2.05, 4.69) is 15.4 Å². The van der Waals surface area contributed by atoms with Gasteiger partial charge >= 0.3 is 13.5 Å². The molecule has 0 radical (unpaired) electrons. The number of thiazole rings is 1. The van der Waals surface area contributed by atoms with Crippen LogP contribution in [-0.4, -0.2) is 41.9 Å². The molecule has 0 fully saturated rings. The number of nitrogens with one attached hydrogen (secondary N) is 2. The van der Waals surface area contributed by atoms with Gasteiger partial charge in [-0.2, -0.15) is 0 Å². The molecule has 46 heavy (non-hydrogen) atoms. The summed E-state index contributed by atoms with van der Waals surface area (Å²) in [7, 11) is -3.97. The average Bonchev–Trinajstić information content (AvgIpc) is 3.69. The first-order valence-corrected chi connectivity index (χ1v) is 16.9. The Balaban J connectivity index is 1.42. The number of amides is 1. The third-order valence-corrected chi connectivity index (χ3v) is 9.36. The minimum Gasteiger partial charge on any atom is -0.491 e. The van der Waals surface area contributed by atoms with Gasteiger partial charge in [-0.25, -0.2) is 10.1 Å². The van der Waals surface area contributed by atoms with Gasteiger partial charge in [-0.15, -0.1) is 11.3 Å². The highest BCUT2D eigenvalue weighted by Crippen LogP contribution is 2.47. The Labute approximate surface area is 270 Å². The molecule has 14 heteroatoms. The first-order valence-electron chi connectivity index (χ1n) is 14.4. The highest BCUT2D eigenvalue weighted by atomic mass is 32.1. The van der Waals surface area contributed by atoms with E-state index in [1.165, 1.54) is 11.3 Å². The Bertz CT molecular complexity index is 1740. The normalized spacial score (nSPS) is 13.5. The lowest BCUT2D eigenvalue weighted by Crippen LogP contribution is -2.48. The summed E-state index contributed by atoms with van der Waals surface area (Å²) in [6, 6.07) is 16.1. The van der Waals surface area contributed by atoms with E-state index in [9.17, 15) is 14.2 Å². The van der Waals surface area contributed by atoms with Crippen molar-refractivity contribution in [3.8, 4) is 34.5 Å². The minimum atomic E-state index is -3.97. The van der Waals surface area contributed by atoms with Crippen LogP contribution in [0.2, 0.25) is 0 Å². The van der Waals surface area contributed by atoms with Crippen LogP contribution < -0.4 is 39.2 Å². The first kappa shape index (κ1) is 32.8. The number of esters is 1. The zero-order chi connectivity index (χ0) is 32.9. The summed E-state index contributed by atoms with van der Waals surface area (Å²) < 4.78 is 48.6. The van der Waals surface area contributed by atoms with Crippen LogP contribution in [0.5, 0.6) is 34.5 Å². The molecule has 0 bridgehead atoms. The van der Waals surface area contributed by atoms with Crippen LogP contribution in [0.3, 0.4) is 0 Å². The second-order valence-corrected chi connectivity index (χ2v) is 13.8. The van der Waals surface area contributed by atoms with Crippen LogP contribution in [0, 0.1) is 0 Å². The van der Waals surface area contributed by atoms with Gasteiger partial charge in [0.25, 0.3) is 5.91 Å². The zero-order valence-corrected chi connectivity index (χ0v) is 27.6. The highest BCUT2D eigenvalue weighted by Gasteiger charge is 2.40. The lowest BCUT2D eigenvalue weighted by Gasteiger charge is -2.30. The fraction of sp³-hybridized carbons (Fsp3) is 0.281. The van der Waals surface area contributed by atoms with Gasteiger partial charge in [-0.05, 0) is 83.1 Å². The summed E-state index contributed by atoms with van der Waals surface area (Å²) in [5.41, 5.74) is -1.06. The van der Waals surface area contributed by atoms with Gasteiger partial charge in [-0.3, -0.25) is 19.5 Å². The topological polar surface area (TPSA) is 144 Å². The number of carbonyl (C=O) groups excluding carboxylic acids is 2. The van der Waals surface area contributed by atoms with Crippen LogP contribution >= 0.6 is 18.9 Å². The molecule has 1 unspecified atom stereocenters. The Hall–Kier alpha value is -4.58. The van der Waals surface area contributed by atoms with E-state index in [0.717, 1.165) is 0 Å². The van der Waals surface area contributed by atoms with Crippen LogP contribution in [-0.2, 0) is 14.1 Å². The molecule has 2 heterocycles. The third kappa shape index (κ3) is 7.97. The van der Waals surface area contributed by atoms with Crippen molar-refractivity contribution in [2.45, 2.75) is 46.3 Å². The summed E-state index contributed by atoms with van der Waals surface area (Å²) >= 11 is 1.30. The monoisotopic (exact) mass is 667 g/mol. The first-order chi connectivity index (χ1) is 21.9. The molecule has 1 aromatic heterocycles. The average molecular weight is 668 g/mol. The molecule has 12 nitrogen and oxygen atoms in total. The quantitative estimate of drug-likeness (QED) is 0.119. The third-order valence-electron chi connectivity index (χ3n) is 6.37. The van der Waals surface area contributed by atoms with E-state index in [4.69, 9.17) is 28.2 Å². The molecule has 1 aliphatic heterocycles. The highest BCUT2D eigenvalue weighted by molar-refractivity contribution is 7.65. The maximum Gasteiger partial charge on any atom is 0.347 e. The van der Waals surface area contributed by atoms with Crippen LogP contribution in [0.15, 0.2) is 72.2 Å². The van der Waals surface area contributed by atoms with E-state index in [-0.39, 0.29) is 36.5 Å². The molecule has 4 aromatic rings. The number of anilines is 1. The van der Waals surface area contributed by atoms with Crippen molar-refractivity contribution < 1.29 is 42.4 Å². The summed E-state index contributed by atoms with van der Waals surface area (Å²) in [4.78, 5) is 29.8. The number of hydrogen-bond acceptors (Lipinski definition) is 11. The van der Waals surface area contributed by atoms with Crippen molar-refractivity contribution in [1.82, 2.24) is 10.1 Å². The molecule has 0 spiro atoms. The fourth-order valence-corrected chi connectivity index (χ4v) is 6.93. The fourth-order valence-electron chi connectivity index (χ4n) is 4.35. The molecule has 0 saturated carbocycles. The number of fused-ring (bicyclic) bond motifs is 1. The molecule has 0 saturated heterocycles. The van der Waals surface area contributed by atoms with Crippen LogP contribution in [0.1, 0.15) is 45.0 Å². The number of carbonyl (C=O) groups is 2. The van der Waals surface area contributed by atoms with Crippen molar-refractivity contribution in [3.05, 3.63) is 77.8 Å². The van der Waals surface area contributed by atoms with E-state index in [1.54, 1.807) is 93.0 Å². The summed E-state index contributed by atoms with van der Waals surface area (Å²) in [5.74, 6) is 1.43. The largest absolute Gasteiger partial charge is 0.491 e. The predicted molar refractivity (Wildman–Crippen MR) is 173 cm³/mol. The lowest BCUT2D eigenvalue weighted by atomic mass is 10.1.